The molecule has 0 saturated carbocycles. The van der Waals surface area contributed by atoms with E-state index in [1.54, 1.807) is 0 Å². The van der Waals surface area contributed by atoms with E-state index in [1.165, 1.54) is 0 Å². The maximum absolute atomic E-state index is 10.5. The van der Waals surface area contributed by atoms with E-state index in [1.807, 2.05) is 9.97 Å². The normalized spacial score (nSPS) is 8.67. The Morgan fingerprint density at radius 3 is 2.33 bits per heavy atom. The minimum atomic E-state index is -1.34. The average Bonchev–Trinajstić information content (AvgIpc) is 1.85. The first kappa shape index (κ1) is 10.7. The van der Waals surface area contributed by atoms with E-state index in [9.17, 15) is 14.4 Å². The minimum Gasteiger partial charge on any atom is -0.477 e. The fourth-order valence-electron chi connectivity index (χ4n) is 0.584. The van der Waals surface area contributed by atoms with Crippen molar-refractivity contribution in [3.8, 4) is 0 Å². The third-order valence-corrected chi connectivity index (χ3v) is 0.991. The molecular weight excluding hydrogens is 216 g/mol. The molecule has 0 spiro atoms. The molecule has 6 nitrogen and oxygen atoms in total. The van der Waals surface area contributed by atoms with Gasteiger partial charge in [-0.2, -0.15) is 0 Å². The molecule has 1 aromatic heterocycles. The topological polar surface area (TPSA) is 103 Å². The van der Waals surface area contributed by atoms with Gasteiger partial charge in [-0.25, -0.2) is 9.59 Å². The zero-order valence-electron chi connectivity index (χ0n) is 5.55. The van der Waals surface area contributed by atoms with Crippen molar-refractivity contribution in [1.29, 1.82) is 0 Å². The molecule has 3 N–H and O–H groups in total. The maximum atomic E-state index is 10.5. The molecule has 0 bridgehead atoms. The van der Waals surface area contributed by atoms with Crippen molar-refractivity contribution in [3.63, 3.8) is 0 Å². The van der Waals surface area contributed by atoms with Gasteiger partial charge in [0.2, 0.25) is 0 Å². The van der Waals surface area contributed by atoms with E-state index in [2.05, 4.69) is 0 Å². The van der Waals surface area contributed by atoms with Gasteiger partial charge in [0.05, 0.1) is 0 Å². The molecule has 1 aromatic rings. The molecule has 7 heteroatoms. The van der Waals surface area contributed by atoms with Crippen molar-refractivity contribution < 1.29 is 27.0 Å². The first-order valence-corrected chi connectivity index (χ1v) is 2.66. The van der Waals surface area contributed by atoms with Gasteiger partial charge in [-0.3, -0.25) is 9.78 Å². The summed E-state index contributed by atoms with van der Waals surface area (Å²) in [6.45, 7) is 0. The van der Waals surface area contributed by atoms with Crippen molar-refractivity contribution in [1.82, 2.24) is 9.97 Å². The van der Waals surface area contributed by atoms with Crippen LogP contribution in [0, 0.1) is 0 Å². The molecule has 0 atom stereocenters. The molecule has 0 unspecified atom stereocenters. The summed E-state index contributed by atoms with van der Waals surface area (Å²) < 4.78 is 0. The van der Waals surface area contributed by atoms with Crippen molar-refractivity contribution in [2.24, 2.45) is 0 Å². The Balaban J connectivity index is 0.00000121. The SMILES string of the molecule is O=C(O)c1cc(=O)[nH]c(=O)[nH]1.[Cu+2]. The van der Waals surface area contributed by atoms with E-state index in [0.717, 1.165) is 6.07 Å². The maximum Gasteiger partial charge on any atom is 2.00 e. The van der Waals surface area contributed by atoms with Crippen LogP contribution in [-0.4, -0.2) is 21.0 Å². The molecule has 1 radical (unpaired) electrons. The first-order chi connectivity index (χ1) is 5.09. The molecule has 0 aromatic carbocycles. The second-order valence-electron chi connectivity index (χ2n) is 1.81. The zero-order chi connectivity index (χ0) is 8.43. The fourth-order valence-corrected chi connectivity index (χ4v) is 0.584. The van der Waals surface area contributed by atoms with E-state index in [-0.39, 0.29) is 17.1 Å². The van der Waals surface area contributed by atoms with E-state index < -0.39 is 22.9 Å². The largest absolute Gasteiger partial charge is 2.00 e. The van der Waals surface area contributed by atoms with Crippen LogP contribution in [0.3, 0.4) is 0 Å². The summed E-state index contributed by atoms with van der Waals surface area (Å²) in [6.07, 6.45) is 0. The number of rotatable bonds is 1. The van der Waals surface area contributed by atoms with Crippen LogP contribution in [-0.2, 0) is 17.1 Å². The summed E-state index contributed by atoms with van der Waals surface area (Å²) in [7, 11) is 0. The van der Waals surface area contributed by atoms with Crippen LogP contribution in [0.25, 0.3) is 0 Å². The molecule has 1 heterocycles. The summed E-state index contributed by atoms with van der Waals surface area (Å²) in [4.78, 5) is 34.9. The molecular formula is C5H4CuN2O4+2. The standard InChI is InChI=1S/C5H4N2O4.Cu/c8-3-1-2(4(9)10)6-5(11)7-3;/h1H,(H,9,10)(H2,6,7,8,11);/q;+2. The number of aromatic amines is 2. The number of hydrogen-bond acceptors (Lipinski definition) is 3. The van der Waals surface area contributed by atoms with Crippen molar-refractivity contribution in [2.75, 3.05) is 0 Å². The number of aromatic carboxylic acids is 1. The third-order valence-electron chi connectivity index (χ3n) is 0.991. The smallest absolute Gasteiger partial charge is 0.477 e. The van der Waals surface area contributed by atoms with Gasteiger partial charge in [-0.1, -0.05) is 0 Å². The van der Waals surface area contributed by atoms with Gasteiger partial charge in [-0.15, -0.1) is 0 Å². The molecule has 0 amide bonds. The van der Waals surface area contributed by atoms with E-state index in [0.29, 0.717) is 0 Å². The quantitative estimate of drug-likeness (QED) is 0.514. The van der Waals surface area contributed by atoms with Crippen LogP contribution in [0.1, 0.15) is 10.5 Å². The van der Waals surface area contributed by atoms with E-state index in [4.69, 9.17) is 5.11 Å². The second kappa shape index (κ2) is 3.89. The number of carbonyl (C=O) groups is 1. The van der Waals surface area contributed by atoms with Gasteiger partial charge in [-0.05, 0) is 0 Å². The van der Waals surface area contributed by atoms with Crippen LogP contribution >= 0.6 is 0 Å². The van der Waals surface area contributed by atoms with Crippen LogP contribution < -0.4 is 11.2 Å². The van der Waals surface area contributed by atoms with Gasteiger partial charge >= 0.3 is 28.7 Å². The van der Waals surface area contributed by atoms with Gasteiger partial charge in [0.15, 0.2) is 0 Å². The van der Waals surface area contributed by atoms with Crippen LogP contribution in [0.5, 0.6) is 0 Å². The monoisotopic (exact) mass is 219 g/mol. The van der Waals surface area contributed by atoms with Gasteiger partial charge < -0.3 is 10.1 Å². The van der Waals surface area contributed by atoms with Crippen LogP contribution in [0.15, 0.2) is 15.7 Å². The number of carboxylic acids is 1. The summed E-state index contributed by atoms with van der Waals surface area (Å²) in [5.41, 5.74) is -1.97. The van der Waals surface area contributed by atoms with Crippen LogP contribution in [0.2, 0.25) is 0 Å². The Morgan fingerprint density at radius 1 is 1.33 bits per heavy atom. The molecule has 0 aliphatic rings. The minimum absolute atomic E-state index is 0. The Morgan fingerprint density at radius 2 is 1.92 bits per heavy atom. The number of hydrogen-bond donors (Lipinski definition) is 3. The Hall–Kier alpha value is -1.33. The summed E-state index contributed by atoms with van der Waals surface area (Å²) in [5, 5.41) is 8.31. The third kappa shape index (κ3) is 2.37. The molecule has 12 heavy (non-hydrogen) atoms. The Kier molecular flexibility index (Phi) is 3.46. The summed E-state index contributed by atoms with van der Waals surface area (Å²) >= 11 is 0. The number of nitrogens with one attached hydrogen (secondary N) is 2. The first-order valence-electron chi connectivity index (χ1n) is 2.66. The molecule has 0 aliphatic heterocycles. The predicted molar refractivity (Wildman–Crippen MR) is 34.6 cm³/mol. The Labute approximate surface area is 76.1 Å². The molecule has 0 fully saturated rings. The van der Waals surface area contributed by atoms with Crippen LogP contribution in [0.4, 0.5) is 0 Å². The molecule has 0 saturated heterocycles. The predicted octanol–water partition coefficient (Wildman–Crippen LogP) is -1.24. The van der Waals surface area contributed by atoms with Crippen molar-refractivity contribution >= 4 is 5.97 Å². The van der Waals surface area contributed by atoms with Gasteiger partial charge in [0.1, 0.15) is 5.69 Å². The van der Waals surface area contributed by atoms with Gasteiger partial charge in [0.25, 0.3) is 5.56 Å². The zero-order valence-corrected chi connectivity index (χ0v) is 6.49. The van der Waals surface area contributed by atoms with Crippen molar-refractivity contribution in [3.05, 3.63) is 32.6 Å². The van der Waals surface area contributed by atoms with Crippen molar-refractivity contribution in [2.45, 2.75) is 0 Å². The fraction of sp³-hybridized carbons (Fsp3) is 0. The molecule has 1 rings (SSSR count). The second-order valence-corrected chi connectivity index (χ2v) is 1.81. The van der Waals surface area contributed by atoms with E-state index >= 15 is 0 Å². The Bertz CT molecular complexity index is 365. The number of aromatic nitrogens is 2. The molecule has 0 aliphatic carbocycles. The number of H-pyrrole nitrogens is 2. The summed E-state index contributed by atoms with van der Waals surface area (Å²) in [5.74, 6) is -1.34. The number of carboxylic acid groups (broad SMARTS) is 1. The molecule has 67 valence electrons. The average molecular weight is 220 g/mol. The van der Waals surface area contributed by atoms with Gasteiger partial charge in [0, 0.05) is 6.07 Å². The summed E-state index contributed by atoms with van der Waals surface area (Å²) in [6, 6.07) is 0.795.